The molecule has 3 nitrogen and oxygen atoms in total. The van der Waals surface area contributed by atoms with E-state index >= 15 is 0 Å². The van der Waals surface area contributed by atoms with E-state index in [-0.39, 0.29) is 5.91 Å². The maximum atomic E-state index is 12.5. The van der Waals surface area contributed by atoms with Gasteiger partial charge in [0.2, 0.25) is 0 Å². The van der Waals surface area contributed by atoms with Crippen LogP contribution in [-0.2, 0) is 0 Å². The molecule has 106 valence electrons. The van der Waals surface area contributed by atoms with Gasteiger partial charge in [0.05, 0.1) is 7.11 Å². The van der Waals surface area contributed by atoms with E-state index in [0.717, 1.165) is 42.6 Å². The van der Waals surface area contributed by atoms with Crippen LogP contribution in [0.25, 0.3) is 0 Å². The summed E-state index contributed by atoms with van der Waals surface area (Å²) >= 11 is 3.40. The Bertz CT molecular complexity index is 421. The first-order chi connectivity index (χ1) is 9.13. The van der Waals surface area contributed by atoms with Crippen LogP contribution in [-0.4, -0.2) is 36.3 Å². The van der Waals surface area contributed by atoms with E-state index in [1.165, 1.54) is 0 Å². The number of aryl methyl sites for hydroxylation is 1. The summed E-state index contributed by atoms with van der Waals surface area (Å²) in [6, 6.07) is 5.62. The third-order valence-corrected chi connectivity index (χ3v) is 3.43. The Balaban J connectivity index is 2.88. The number of ether oxygens (including phenoxy) is 1. The molecule has 0 aliphatic rings. The van der Waals surface area contributed by atoms with Crippen molar-refractivity contribution in [2.45, 2.75) is 26.7 Å². The van der Waals surface area contributed by atoms with E-state index in [2.05, 4.69) is 22.9 Å². The number of alkyl halides is 1. The molecule has 0 aromatic heterocycles. The second kappa shape index (κ2) is 8.20. The number of amides is 1. The van der Waals surface area contributed by atoms with Gasteiger partial charge in [0.25, 0.3) is 5.91 Å². The second-order valence-corrected chi connectivity index (χ2v) is 5.31. The van der Waals surface area contributed by atoms with Crippen molar-refractivity contribution < 1.29 is 9.53 Å². The van der Waals surface area contributed by atoms with Gasteiger partial charge in [0.15, 0.2) is 0 Å². The zero-order valence-electron chi connectivity index (χ0n) is 11.9. The molecule has 4 heteroatoms. The fourth-order valence-electron chi connectivity index (χ4n) is 1.90. The van der Waals surface area contributed by atoms with Crippen LogP contribution in [0.1, 0.15) is 35.7 Å². The molecule has 0 unspecified atom stereocenters. The molecule has 0 radical (unpaired) electrons. The van der Waals surface area contributed by atoms with Crippen molar-refractivity contribution in [2.75, 3.05) is 25.5 Å². The average molecular weight is 328 g/mol. The van der Waals surface area contributed by atoms with E-state index in [0.29, 0.717) is 5.56 Å². The Kier molecular flexibility index (Phi) is 6.92. The number of carbonyl (C=O) groups excluding carboxylic acids is 1. The lowest BCUT2D eigenvalue weighted by Crippen LogP contribution is -2.33. The number of hydrogen-bond donors (Lipinski definition) is 0. The quantitative estimate of drug-likeness (QED) is 0.715. The van der Waals surface area contributed by atoms with Crippen LogP contribution in [0.2, 0.25) is 0 Å². The summed E-state index contributed by atoms with van der Waals surface area (Å²) in [6.45, 7) is 5.64. The predicted molar refractivity (Wildman–Crippen MR) is 82.3 cm³/mol. The molecule has 0 atom stereocenters. The summed E-state index contributed by atoms with van der Waals surface area (Å²) in [5.74, 6) is 0.839. The Labute approximate surface area is 124 Å². The topological polar surface area (TPSA) is 29.5 Å². The number of unbranched alkanes of at least 4 members (excludes halogenated alkanes) is 1. The minimum absolute atomic E-state index is 0.0752. The minimum Gasteiger partial charge on any atom is -0.496 e. The van der Waals surface area contributed by atoms with Crippen LogP contribution in [0.4, 0.5) is 0 Å². The molecule has 0 fully saturated rings. The molecule has 1 rings (SSSR count). The molecular weight excluding hydrogens is 306 g/mol. The van der Waals surface area contributed by atoms with E-state index in [9.17, 15) is 4.79 Å². The van der Waals surface area contributed by atoms with Crippen LogP contribution in [0, 0.1) is 6.92 Å². The third-order valence-electron chi connectivity index (χ3n) is 3.08. The van der Waals surface area contributed by atoms with Gasteiger partial charge in [-0.3, -0.25) is 4.79 Å². The van der Waals surface area contributed by atoms with Gasteiger partial charge in [0.1, 0.15) is 5.75 Å². The van der Waals surface area contributed by atoms with E-state index in [1.807, 2.05) is 30.0 Å². The molecule has 0 saturated heterocycles. The Morgan fingerprint density at radius 1 is 1.37 bits per heavy atom. The highest BCUT2D eigenvalue weighted by Gasteiger charge is 2.15. The van der Waals surface area contributed by atoms with Crippen LogP contribution in [0.5, 0.6) is 5.75 Å². The highest BCUT2D eigenvalue weighted by Crippen LogP contribution is 2.20. The summed E-state index contributed by atoms with van der Waals surface area (Å²) in [7, 11) is 1.63. The van der Waals surface area contributed by atoms with Gasteiger partial charge in [-0.25, -0.2) is 0 Å². The fourth-order valence-corrected chi connectivity index (χ4v) is 2.33. The van der Waals surface area contributed by atoms with Gasteiger partial charge >= 0.3 is 0 Å². The second-order valence-electron chi connectivity index (χ2n) is 4.52. The number of halogens is 1. The highest BCUT2D eigenvalue weighted by molar-refractivity contribution is 9.09. The van der Waals surface area contributed by atoms with Crippen LogP contribution < -0.4 is 4.74 Å². The smallest absolute Gasteiger partial charge is 0.254 e. The lowest BCUT2D eigenvalue weighted by Gasteiger charge is -2.22. The number of carbonyl (C=O) groups is 1. The minimum atomic E-state index is 0.0752. The molecule has 0 aliphatic carbocycles. The molecule has 0 aliphatic heterocycles. The first kappa shape index (κ1) is 16.0. The molecule has 19 heavy (non-hydrogen) atoms. The number of benzene rings is 1. The third kappa shape index (κ3) is 4.53. The van der Waals surface area contributed by atoms with Crippen molar-refractivity contribution in [1.82, 2.24) is 4.90 Å². The van der Waals surface area contributed by atoms with Gasteiger partial charge in [-0.05, 0) is 31.0 Å². The van der Waals surface area contributed by atoms with E-state index in [1.54, 1.807) is 7.11 Å². The number of rotatable bonds is 7. The normalized spacial score (nSPS) is 10.3. The number of methoxy groups -OCH3 is 1. The van der Waals surface area contributed by atoms with E-state index in [4.69, 9.17) is 4.74 Å². The standard InChI is InChI=1S/C15H22BrNO2/c1-4-5-9-17(10-8-16)15(18)13-7-6-12(2)14(11-13)19-3/h6-7,11H,4-5,8-10H2,1-3H3. The van der Waals surface area contributed by atoms with E-state index < -0.39 is 0 Å². The zero-order chi connectivity index (χ0) is 14.3. The summed E-state index contributed by atoms with van der Waals surface area (Å²) in [4.78, 5) is 14.4. The molecule has 1 aromatic carbocycles. The Morgan fingerprint density at radius 2 is 2.11 bits per heavy atom. The lowest BCUT2D eigenvalue weighted by atomic mass is 10.1. The largest absolute Gasteiger partial charge is 0.496 e. The SMILES string of the molecule is CCCCN(CCBr)C(=O)c1ccc(C)c(OC)c1. The lowest BCUT2D eigenvalue weighted by molar-refractivity contribution is 0.0764. The van der Waals surface area contributed by atoms with Gasteiger partial charge in [0, 0.05) is 24.0 Å². The monoisotopic (exact) mass is 327 g/mol. The maximum absolute atomic E-state index is 12.5. The zero-order valence-corrected chi connectivity index (χ0v) is 13.5. The summed E-state index contributed by atoms with van der Waals surface area (Å²) in [5, 5.41) is 0.797. The van der Waals surface area contributed by atoms with Crippen LogP contribution in [0.15, 0.2) is 18.2 Å². The maximum Gasteiger partial charge on any atom is 0.254 e. The highest BCUT2D eigenvalue weighted by atomic mass is 79.9. The van der Waals surface area contributed by atoms with Gasteiger partial charge in [-0.1, -0.05) is 35.3 Å². The van der Waals surface area contributed by atoms with Crippen LogP contribution >= 0.6 is 15.9 Å². The molecule has 0 saturated carbocycles. The summed E-state index contributed by atoms with van der Waals surface area (Å²) in [5.41, 5.74) is 1.74. The molecule has 1 aromatic rings. The molecule has 0 bridgehead atoms. The van der Waals surface area contributed by atoms with Gasteiger partial charge in [-0.2, -0.15) is 0 Å². The molecule has 0 N–H and O–H groups in total. The summed E-state index contributed by atoms with van der Waals surface area (Å²) in [6.07, 6.45) is 2.12. The van der Waals surface area contributed by atoms with Gasteiger partial charge in [-0.15, -0.1) is 0 Å². The van der Waals surface area contributed by atoms with Crippen molar-refractivity contribution in [3.8, 4) is 5.75 Å². The molecule has 0 spiro atoms. The molecule has 0 heterocycles. The first-order valence-corrected chi connectivity index (χ1v) is 7.76. The summed E-state index contributed by atoms with van der Waals surface area (Å²) < 4.78 is 5.28. The number of hydrogen-bond acceptors (Lipinski definition) is 2. The van der Waals surface area contributed by atoms with Crippen molar-refractivity contribution in [2.24, 2.45) is 0 Å². The van der Waals surface area contributed by atoms with Crippen molar-refractivity contribution in [3.05, 3.63) is 29.3 Å². The van der Waals surface area contributed by atoms with Crippen molar-refractivity contribution in [1.29, 1.82) is 0 Å². The van der Waals surface area contributed by atoms with Crippen LogP contribution in [0.3, 0.4) is 0 Å². The van der Waals surface area contributed by atoms with Crippen molar-refractivity contribution in [3.63, 3.8) is 0 Å². The predicted octanol–water partition coefficient (Wildman–Crippen LogP) is 3.64. The first-order valence-electron chi connectivity index (χ1n) is 6.63. The Morgan fingerprint density at radius 3 is 2.68 bits per heavy atom. The number of nitrogens with zero attached hydrogens (tertiary/aromatic N) is 1. The molecular formula is C15H22BrNO2. The Hall–Kier alpha value is -1.03. The fraction of sp³-hybridized carbons (Fsp3) is 0.533. The average Bonchev–Trinajstić information content (AvgIpc) is 2.43. The van der Waals surface area contributed by atoms with Gasteiger partial charge < -0.3 is 9.64 Å². The molecule has 1 amide bonds. The van der Waals surface area contributed by atoms with Crippen molar-refractivity contribution >= 4 is 21.8 Å².